The highest BCUT2D eigenvalue weighted by molar-refractivity contribution is 7.86. The summed E-state index contributed by atoms with van der Waals surface area (Å²) in [4.78, 5) is 4.11. The van der Waals surface area contributed by atoms with Gasteiger partial charge in [0.05, 0.1) is 11.9 Å². The van der Waals surface area contributed by atoms with Gasteiger partial charge in [-0.2, -0.15) is 8.42 Å². The van der Waals surface area contributed by atoms with Crippen LogP contribution in [0.1, 0.15) is 30.7 Å². The van der Waals surface area contributed by atoms with Gasteiger partial charge in [0.25, 0.3) is 10.1 Å². The number of hydrogen-bond donors (Lipinski definition) is 0. The monoisotopic (exact) mass is 229 g/mol. The maximum Gasteiger partial charge on any atom is 0.265 e. The van der Waals surface area contributed by atoms with Crippen LogP contribution in [0, 0.1) is 6.92 Å². The maximum absolute atomic E-state index is 11.0. The summed E-state index contributed by atoms with van der Waals surface area (Å²) in [5.41, 5.74) is 1.69. The molecule has 0 aliphatic carbocycles. The molecule has 0 spiro atoms. The van der Waals surface area contributed by atoms with Crippen molar-refractivity contribution in [2.75, 3.05) is 6.26 Å². The molecule has 0 saturated carbocycles. The molecule has 0 bridgehead atoms. The summed E-state index contributed by atoms with van der Waals surface area (Å²) in [6, 6.07) is 3.69. The Bertz CT molecular complexity index is 428. The topological polar surface area (TPSA) is 56.3 Å². The number of hydrogen-bond acceptors (Lipinski definition) is 4. The van der Waals surface area contributed by atoms with E-state index in [2.05, 4.69) is 4.98 Å². The minimum Gasteiger partial charge on any atom is -0.261 e. The highest BCUT2D eigenvalue weighted by atomic mass is 32.2. The molecule has 0 N–H and O–H groups in total. The molecule has 0 aromatic carbocycles. The summed E-state index contributed by atoms with van der Waals surface area (Å²) >= 11 is 0. The van der Waals surface area contributed by atoms with Gasteiger partial charge in [0.2, 0.25) is 0 Å². The summed E-state index contributed by atoms with van der Waals surface area (Å²) in [5, 5.41) is 0. The first-order valence-corrected chi connectivity index (χ1v) is 6.55. The van der Waals surface area contributed by atoms with Gasteiger partial charge in [-0.25, -0.2) is 0 Å². The van der Waals surface area contributed by atoms with E-state index in [-0.39, 0.29) is 0 Å². The van der Waals surface area contributed by atoms with Crippen LogP contribution in [0.3, 0.4) is 0 Å². The van der Waals surface area contributed by atoms with Crippen LogP contribution < -0.4 is 0 Å². The van der Waals surface area contributed by atoms with Gasteiger partial charge in [-0.05, 0) is 31.0 Å². The van der Waals surface area contributed by atoms with E-state index >= 15 is 0 Å². The molecule has 4 nitrogen and oxygen atoms in total. The molecular weight excluding hydrogens is 214 g/mol. The van der Waals surface area contributed by atoms with Gasteiger partial charge in [0.1, 0.15) is 6.10 Å². The average Bonchev–Trinajstić information content (AvgIpc) is 2.13. The normalized spacial score (nSPS) is 13.8. The molecule has 84 valence electrons. The summed E-state index contributed by atoms with van der Waals surface area (Å²) in [6.45, 7) is 3.79. The van der Waals surface area contributed by atoms with Gasteiger partial charge in [-0.3, -0.25) is 9.17 Å². The number of aromatic nitrogens is 1. The number of pyridine rings is 1. The van der Waals surface area contributed by atoms with Crippen molar-refractivity contribution < 1.29 is 12.6 Å². The first kappa shape index (κ1) is 12.1. The lowest BCUT2D eigenvalue weighted by Gasteiger charge is -2.13. The number of rotatable bonds is 4. The van der Waals surface area contributed by atoms with Crippen LogP contribution in [0.15, 0.2) is 18.3 Å². The molecule has 0 aliphatic heterocycles. The third-order valence-corrected chi connectivity index (χ3v) is 2.51. The van der Waals surface area contributed by atoms with E-state index < -0.39 is 16.2 Å². The first-order chi connectivity index (χ1) is 6.92. The van der Waals surface area contributed by atoms with Crippen molar-refractivity contribution in [2.24, 2.45) is 0 Å². The van der Waals surface area contributed by atoms with E-state index in [0.717, 1.165) is 11.8 Å². The van der Waals surface area contributed by atoms with Crippen molar-refractivity contribution in [3.05, 3.63) is 29.6 Å². The molecule has 1 aromatic heterocycles. The van der Waals surface area contributed by atoms with E-state index in [1.165, 1.54) is 0 Å². The second-order valence-corrected chi connectivity index (χ2v) is 5.06. The Hall–Kier alpha value is -0.940. The van der Waals surface area contributed by atoms with Crippen LogP contribution in [0.4, 0.5) is 0 Å². The number of aryl methyl sites for hydroxylation is 1. The van der Waals surface area contributed by atoms with Gasteiger partial charge < -0.3 is 0 Å². The standard InChI is InChI=1S/C10H15NO3S/c1-4-10(14-15(3,12)13)9-7-8(2)5-6-11-9/h5-7,10H,4H2,1-3H3. The van der Waals surface area contributed by atoms with Crippen LogP contribution in [-0.2, 0) is 14.3 Å². The Morgan fingerprint density at radius 2 is 2.20 bits per heavy atom. The minimum atomic E-state index is -3.44. The van der Waals surface area contributed by atoms with E-state index in [1.54, 1.807) is 6.20 Å². The molecule has 0 saturated heterocycles. The van der Waals surface area contributed by atoms with Crippen molar-refractivity contribution in [1.29, 1.82) is 0 Å². The Kier molecular flexibility index (Phi) is 3.82. The molecule has 0 radical (unpaired) electrons. The van der Waals surface area contributed by atoms with Gasteiger partial charge in [0, 0.05) is 6.20 Å². The molecule has 15 heavy (non-hydrogen) atoms. The Balaban J connectivity index is 2.93. The molecule has 0 amide bonds. The van der Waals surface area contributed by atoms with Gasteiger partial charge in [-0.15, -0.1) is 0 Å². The molecule has 5 heteroatoms. The SMILES string of the molecule is CCC(OS(C)(=O)=O)c1cc(C)ccn1. The smallest absolute Gasteiger partial charge is 0.261 e. The second kappa shape index (κ2) is 4.72. The van der Waals surface area contributed by atoms with Crippen molar-refractivity contribution >= 4 is 10.1 Å². The highest BCUT2D eigenvalue weighted by Gasteiger charge is 2.16. The zero-order valence-electron chi connectivity index (χ0n) is 9.10. The first-order valence-electron chi connectivity index (χ1n) is 4.73. The van der Waals surface area contributed by atoms with Gasteiger partial charge in [0.15, 0.2) is 0 Å². The molecule has 1 rings (SSSR count). The van der Waals surface area contributed by atoms with Crippen LogP contribution >= 0.6 is 0 Å². The summed E-state index contributed by atoms with van der Waals surface area (Å²) < 4.78 is 27.0. The van der Waals surface area contributed by atoms with Crippen LogP contribution in [0.25, 0.3) is 0 Å². The Morgan fingerprint density at radius 3 is 2.67 bits per heavy atom. The third kappa shape index (κ3) is 3.97. The fourth-order valence-corrected chi connectivity index (χ4v) is 1.93. The molecule has 1 aromatic rings. The number of nitrogens with zero attached hydrogens (tertiary/aromatic N) is 1. The molecule has 0 fully saturated rings. The highest BCUT2D eigenvalue weighted by Crippen LogP contribution is 2.21. The third-order valence-electron chi connectivity index (χ3n) is 1.93. The zero-order valence-corrected chi connectivity index (χ0v) is 9.91. The van der Waals surface area contributed by atoms with Crippen molar-refractivity contribution in [1.82, 2.24) is 4.98 Å². The lowest BCUT2D eigenvalue weighted by atomic mass is 10.1. The zero-order chi connectivity index (χ0) is 11.5. The maximum atomic E-state index is 11.0. The van der Waals surface area contributed by atoms with Crippen molar-refractivity contribution in [3.8, 4) is 0 Å². The quantitative estimate of drug-likeness (QED) is 0.739. The largest absolute Gasteiger partial charge is 0.265 e. The molecule has 1 unspecified atom stereocenters. The second-order valence-electron chi connectivity index (χ2n) is 3.46. The average molecular weight is 229 g/mol. The summed E-state index contributed by atoms with van der Waals surface area (Å²) in [7, 11) is -3.44. The van der Waals surface area contributed by atoms with Crippen LogP contribution in [0.5, 0.6) is 0 Å². The lowest BCUT2D eigenvalue weighted by Crippen LogP contribution is -2.11. The van der Waals surface area contributed by atoms with E-state index in [4.69, 9.17) is 4.18 Å². The molecule has 1 heterocycles. The molecular formula is C10H15NO3S. The lowest BCUT2D eigenvalue weighted by molar-refractivity contribution is 0.206. The molecule has 0 aliphatic rings. The van der Waals surface area contributed by atoms with E-state index in [0.29, 0.717) is 12.1 Å². The van der Waals surface area contributed by atoms with Crippen molar-refractivity contribution in [3.63, 3.8) is 0 Å². The van der Waals surface area contributed by atoms with Crippen LogP contribution in [0.2, 0.25) is 0 Å². The van der Waals surface area contributed by atoms with E-state index in [9.17, 15) is 8.42 Å². The Labute approximate surface area is 90.4 Å². The Morgan fingerprint density at radius 1 is 1.53 bits per heavy atom. The summed E-state index contributed by atoms with van der Waals surface area (Å²) in [5.74, 6) is 0. The molecule has 1 atom stereocenters. The predicted molar refractivity (Wildman–Crippen MR) is 57.9 cm³/mol. The fourth-order valence-electron chi connectivity index (χ4n) is 1.27. The fraction of sp³-hybridized carbons (Fsp3) is 0.500. The predicted octanol–water partition coefficient (Wildman–Crippen LogP) is 1.82. The minimum absolute atomic E-state index is 0.486. The van der Waals surface area contributed by atoms with Crippen molar-refractivity contribution in [2.45, 2.75) is 26.4 Å². The van der Waals surface area contributed by atoms with E-state index in [1.807, 2.05) is 26.0 Å². The summed E-state index contributed by atoms with van der Waals surface area (Å²) in [6.07, 6.45) is 2.79. The van der Waals surface area contributed by atoms with Gasteiger partial charge in [-0.1, -0.05) is 6.92 Å². The van der Waals surface area contributed by atoms with Crippen LogP contribution in [-0.4, -0.2) is 19.7 Å². The van der Waals surface area contributed by atoms with Gasteiger partial charge >= 0.3 is 0 Å².